The van der Waals surface area contributed by atoms with Crippen LogP contribution in [0.5, 0.6) is 0 Å². The minimum absolute atomic E-state index is 0.676. The van der Waals surface area contributed by atoms with E-state index >= 15 is 0 Å². The van der Waals surface area contributed by atoms with E-state index in [1.165, 1.54) is 111 Å². The first-order valence-electron chi connectivity index (χ1n) is 30.6. The fraction of sp³-hybridized carbons (Fsp3) is 0.0952. The quantitative estimate of drug-likeness (QED) is 0.137. The van der Waals surface area contributed by atoms with Gasteiger partial charge >= 0.3 is 0 Å². The van der Waals surface area contributed by atoms with Crippen molar-refractivity contribution in [2.24, 2.45) is 0 Å². The van der Waals surface area contributed by atoms with Crippen molar-refractivity contribution in [2.75, 3.05) is 0 Å². The second-order valence-corrected chi connectivity index (χ2v) is 24.3. The fourth-order valence-electron chi connectivity index (χ4n) is 13.9. The fourth-order valence-corrected chi connectivity index (χ4v) is 13.9. The molecule has 0 saturated carbocycles. The lowest BCUT2D eigenvalue weighted by atomic mass is 9.95. The average molecular weight is 1130 g/mol. The largest absolute Gasteiger partial charge is 0.309 e. The monoisotopic (exact) mass is 1130 g/mol. The summed E-state index contributed by atoms with van der Waals surface area (Å²) in [5, 5.41) is 4.78. The van der Waals surface area contributed by atoms with E-state index in [4.69, 9.17) is 9.97 Å². The molecule has 4 heteroatoms. The highest BCUT2D eigenvalue weighted by Crippen LogP contribution is 2.46. The van der Waals surface area contributed by atoms with Gasteiger partial charge in [-0.15, -0.1) is 0 Å². The molecular weight excluding hydrogens is 1060 g/mol. The number of hydrogen-bond donors (Lipinski definition) is 0. The van der Waals surface area contributed by atoms with E-state index in [9.17, 15) is 0 Å². The van der Waals surface area contributed by atoms with Crippen LogP contribution in [0.2, 0.25) is 0 Å². The number of benzene rings is 12. The van der Waals surface area contributed by atoms with Gasteiger partial charge in [-0.1, -0.05) is 210 Å². The molecule has 0 spiro atoms. The minimum atomic E-state index is 0.676. The lowest BCUT2D eigenvalue weighted by Crippen LogP contribution is -2.03. The molecule has 3 heterocycles. The van der Waals surface area contributed by atoms with Gasteiger partial charge in [0.05, 0.1) is 44.8 Å². The van der Waals surface area contributed by atoms with Gasteiger partial charge in [-0.3, -0.25) is 0 Å². The van der Waals surface area contributed by atoms with Crippen LogP contribution < -0.4 is 0 Å². The molecule has 0 amide bonds. The third kappa shape index (κ3) is 9.50. The van der Waals surface area contributed by atoms with Crippen LogP contribution in [0.15, 0.2) is 255 Å². The van der Waals surface area contributed by atoms with E-state index in [0.29, 0.717) is 5.82 Å². The molecule has 0 aliphatic carbocycles. The van der Waals surface area contributed by atoms with Gasteiger partial charge < -0.3 is 9.13 Å². The molecule has 15 aromatic rings. The van der Waals surface area contributed by atoms with Gasteiger partial charge in [0.1, 0.15) is 0 Å². The van der Waals surface area contributed by atoms with Crippen LogP contribution >= 0.6 is 0 Å². The van der Waals surface area contributed by atoms with E-state index in [1.807, 2.05) is 6.07 Å². The summed E-state index contributed by atoms with van der Waals surface area (Å²) in [5.74, 6) is 0.676. The van der Waals surface area contributed by atoms with Crippen molar-refractivity contribution in [3.05, 3.63) is 299 Å². The first-order valence-corrected chi connectivity index (χ1v) is 30.6. The smallest absolute Gasteiger partial charge is 0.160 e. The second-order valence-electron chi connectivity index (χ2n) is 24.3. The lowest BCUT2D eigenvalue weighted by molar-refractivity contribution is 1.15. The number of fused-ring (bicyclic) bond motifs is 6. The van der Waals surface area contributed by atoms with Gasteiger partial charge in [0.2, 0.25) is 0 Å². The summed E-state index contributed by atoms with van der Waals surface area (Å²) in [6, 6.07) is 94.5. The Hall–Kier alpha value is -10.7. The summed E-state index contributed by atoms with van der Waals surface area (Å²) in [6.07, 6.45) is 0. The van der Waals surface area contributed by atoms with Crippen LogP contribution in [0, 0.1) is 55.4 Å². The Labute approximate surface area is 515 Å². The van der Waals surface area contributed by atoms with Crippen LogP contribution in [0.4, 0.5) is 0 Å². The van der Waals surface area contributed by atoms with Gasteiger partial charge in [0.15, 0.2) is 5.82 Å². The van der Waals surface area contributed by atoms with E-state index in [2.05, 4.69) is 313 Å². The third-order valence-corrected chi connectivity index (χ3v) is 18.1. The predicted octanol–water partition coefficient (Wildman–Crippen LogP) is 22.5. The molecule has 0 N–H and O–H groups in total. The zero-order chi connectivity index (χ0) is 59.9. The summed E-state index contributed by atoms with van der Waals surface area (Å²) in [5.41, 5.74) is 33.3. The van der Waals surface area contributed by atoms with Crippen molar-refractivity contribution in [3.8, 4) is 101 Å². The Bertz CT molecular complexity index is 5010. The standard InChI is InChI=1S/C84H66N4/c1-51-23-32-66(55(5)41-51)61-28-37-79-72(45-61)73-46-62(67-33-24-52(2)42-56(67)6)29-38-80(73)87(79)78-22-16-15-21-70(78)71-36-27-65(77-50-76(59-17-11-9-12-18-59)85-84(86-77)60-19-13-10-14-20-60)49-83(71)88-81-39-30-63(68-34-25-53(3)43-57(68)7)47-74(81)75-48-64(31-40-82(75)88)69-35-26-54(4)44-58(69)8/h9-50H,1-8H3. The zero-order valence-corrected chi connectivity index (χ0v) is 51.0. The highest BCUT2D eigenvalue weighted by molar-refractivity contribution is 6.14. The Morgan fingerprint density at radius 2 is 0.557 bits per heavy atom. The molecule has 0 atom stereocenters. The predicted molar refractivity (Wildman–Crippen MR) is 372 cm³/mol. The highest BCUT2D eigenvalue weighted by Gasteiger charge is 2.24. The van der Waals surface area contributed by atoms with E-state index in [0.717, 1.165) is 72.6 Å². The molecule has 15 rings (SSSR count). The molecule has 88 heavy (non-hydrogen) atoms. The van der Waals surface area contributed by atoms with Crippen molar-refractivity contribution < 1.29 is 0 Å². The second kappa shape index (κ2) is 21.7. The van der Waals surface area contributed by atoms with Crippen LogP contribution in [0.1, 0.15) is 44.5 Å². The van der Waals surface area contributed by atoms with Crippen molar-refractivity contribution in [3.63, 3.8) is 0 Å². The van der Waals surface area contributed by atoms with Gasteiger partial charge in [-0.2, -0.15) is 0 Å². The summed E-state index contributed by atoms with van der Waals surface area (Å²) in [6.45, 7) is 17.6. The van der Waals surface area contributed by atoms with Crippen molar-refractivity contribution in [2.45, 2.75) is 55.4 Å². The Balaban J connectivity index is 1.02. The summed E-state index contributed by atoms with van der Waals surface area (Å²) in [7, 11) is 0. The van der Waals surface area contributed by atoms with Crippen LogP contribution in [-0.4, -0.2) is 19.1 Å². The molecule has 422 valence electrons. The molecule has 0 radical (unpaired) electrons. The van der Waals surface area contributed by atoms with Crippen molar-refractivity contribution in [1.29, 1.82) is 0 Å². The maximum Gasteiger partial charge on any atom is 0.160 e. The normalized spacial score (nSPS) is 11.6. The van der Waals surface area contributed by atoms with E-state index in [1.54, 1.807) is 0 Å². The molecule has 4 nitrogen and oxygen atoms in total. The van der Waals surface area contributed by atoms with Crippen LogP contribution in [-0.2, 0) is 0 Å². The van der Waals surface area contributed by atoms with Gasteiger partial charge in [-0.05, 0) is 189 Å². The number of aryl methyl sites for hydroxylation is 8. The minimum Gasteiger partial charge on any atom is -0.309 e. The SMILES string of the molecule is Cc1ccc(-c2ccc3c(c2)c2cc(-c4ccc(C)cc4C)ccc2n3-c2ccccc2-c2ccc(-c3cc(-c4ccccc4)nc(-c4ccccc4)n3)cc2-n2c3ccc(-c4ccc(C)cc4C)cc3c3cc(-c4ccc(C)cc4C)ccc32)c(C)c1. The van der Waals surface area contributed by atoms with Crippen LogP contribution in [0.25, 0.3) is 145 Å². The van der Waals surface area contributed by atoms with E-state index < -0.39 is 0 Å². The molecule has 0 bridgehead atoms. The highest BCUT2D eigenvalue weighted by atomic mass is 15.0. The maximum atomic E-state index is 5.45. The average Bonchev–Trinajstić information content (AvgIpc) is 1.87. The number of nitrogens with zero attached hydrogens (tertiary/aromatic N) is 4. The number of hydrogen-bond acceptors (Lipinski definition) is 2. The number of aromatic nitrogens is 4. The van der Waals surface area contributed by atoms with E-state index in [-0.39, 0.29) is 0 Å². The maximum absolute atomic E-state index is 5.45. The Morgan fingerprint density at radius 3 is 0.966 bits per heavy atom. The van der Waals surface area contributed by atoms with Gasteiger partial charge in [0.25, 0.3) is 0 Å². The van der Waals surface area contributed by atoms with Crippen LogP contribution in [0.3, 0.4) is 0 Å². The number of rotatable bonds is 10. The Morgan fingerprint density at radius 1 is 0.227 bits per heavy atom. The molecule has 0 aliphatic heterocycles. The molecule has 0 aliphatic rings. The molecule has 0 unspecified atom stereocenters. The van der Waals surface area contributed by atoms with Crippen molar-refractivity contribution >= 4 is 43.6 Å². The molecule has 0 fully saturated rings. The molecule has 0 saturated heterocycles. The summed E-state index contributed by atoms with van der Waals surface area (Å²) < 4.78 is 5.03. The van der Waals surface area contributed by atoms with Crippen molar-refractivity contribution in [1.82, 2.24) is 19.1 Å². The van der Waals surface area contributed by atoms with Gasteiger partial charge in [-0.25, -0.2) is 9.97 Å². The lowest BCUT2D eigenvalue weighted by Gasteiger charge is -2.20. The zero-order valence-electron chi connectivity index (χ0n) is 51.0. The molecule has 3 aromatic heterocycles. The first kappa shape index (κ1) is 54.0. The summed E-state index contributed by atoms with van der Waals surface area (Å²) in [4.78, 5) is 10.7. The Kier molecular flexibility index (Phi) is 13.3. The topological polar surface area (TPSA) is 35.6 Å². The number of para-hydroxylation sites is 1. The molecular formula is C84H66N4. The summed E-state index contributed by atoms with van der Waals surface area (Å²) >= 11 is 0. The van der Waals surface area contributed by atoms with Gasteiger partial charge in [0, 0.05) is 49.4 Å². The first-order chi connectivity index (χ1) is 42.9. The molecule has 12 aromatic carbocycles. The third-order valence-electron chi connectivity index (χ3n) is 18.1.